The standard InChI is InChI=1S/C20H13ClF2N2O2/c21-17-4-2-1-3-13(17)11-24-25-20(27)16-9-12(5-8-19(16)26)15-7-6-14(22)10-18(15)23/h1-11,26H,(H,25,27)/b24-11+. The molecule has 27 heavy (non-hydrogen) atoms. The van der Waals surface area contributed by atoms with Crippen LogP contribution in [0.2, 0.25) is 5.02 Å². The predicted molar refractivity (Wildman–Crippen MR) is 100.0 cm³/mol. The molecule has 7 heteroatoms. The summed E-state index contributed by atoms with van der Waals surface area (Å²) in [5, 5.41) is 14.2. The van der Waals surface area contributed by atoms with E-state index in [1.165, 1.54) is 30.5 Å². The smallest absolute Gasteiger partial charge is 0.275 e. The van der Waals surface area contributed by atoms with Gasteiger partial charge in [0.05, 0.1) is 11.8 Å². The highest BCUT2D eigenvalue weighted by Crippen LogP contribution is 2.28. The van der Waals surface area contributed by atoms with Gasteiger partial charge in [0, 0.05) is 22.2 Å². The third-order valence-electron chi connectivity index (χ3n) is 3.76. The van der Waals surface area contributed by atoms with Crippen molar-refractivity contribution in [3.8, 4) is 16.9 Å². The summed E-state index contributed by atoms with van der Waals surface area (Å²) >= 11 is 5.99. The Morgan fingerprint density at radius 3 is 2.59 bits per heavy atom. The van der Waals surface area contributed by atoms with E-state index >= 15 is 0 Å². The minimum Gasteiger partial charge on any atom is -0.507 e. The average Bonchev–Trinajstić information content (AvgIpc) is 2.64. The summed E-state index contributed by atoms with van der Waals surface area (Å²) in [6.07, 6.45) is 1.36. The first-order valence-electron chi connectivity index (χ1n) is 7.82. The number of hydrogen-bond acceptors (Lipinski definition) is 3. The Bertz CT molecular complexity index is 1040. The second-order valence-electron chi connectivity index (χ2n) is 5.58. The van der Waals surface area contributed by atoms with E-state index in [1.54, 1.807) is 24.3 Å². The molecule has 0 heterocycles. The van der Waals surface area contributed by atoms with Gasteiger partial charge in [-0.15, -0.1) is 0 Å². The molecule has 0 radical (unpaired) electrons. The van der Waals surface area contributed by atoms with Crippen LogP contribution in [0.15, 0.2) is 65.8 Å². The lowest BCUT2D eigenvalue weighted by Crippen LogP contribution is -2.17. The van der Waals surface area contributed by atoms with E-state index in [4.69, 9.17) is 11.6 Å². The summed E-state index contributed by atoms with van der Waals surface area (Å²) in [5.74, 6) is -2.47. The maximum Gasteiger partial charge on any atom is 0.275 e. The zero-order chi connectivity index (χ0) is 19.4. The van der Waals surface area contributed by atoms with Gasteiger partial charge in [-0.3, -0.25) is 4.79 Å². The third-order valence-corrected chi connectivity index (χ3v) is 4.10. The largest absolute Gasteiger partial charge is 0.507 e. The number of nitrogens with one attached hydrogen (secondary N) is 1. The molecule has 3 aromatic rings. The molecule has 0 spiro atoms. The van der Waals surface area contributed by atoms with Crippen LogP contribution in [0.3, 0.4) is 0 Å². The van der Waals surface area contributed by atoms with Gasteiger partial charge in [-0.05, 0) is 35.9 Å². The van der Waals surface area contributed by atoms with E-state index in [0.717, 1.165) is 12.1 Å². The molecule has 0 aliphatic carbocycles. The van der Waals surface area contributed by atoms with Gasteiger partial charge in [0.25, 0.3) is 5.91 Å². The van der Waals surface area contributed by atoms with Crippen LogP contribution in [0.1, 0.15) is 15.9 Å². The molecule has 0 unspecified atom stereocenters. The molecular formula is C20H13ClF2N2O2. The van der Waals surface area contributed by atoms with E-state index in [2.05, 4.69) is 10.5 Å². The van der Waals surface area contributed by atoms with Crippen LogP contribution in [0, 0.1) is 11.6 Å². The minimum absolute atomic E-state index is 0.102. The highest BCUT2D eigenvalue weighted by Gasteiger charge is 2.14. The molecule has 0 aliphatic heterocycles. The lowest BCUT2D eigenvalue weighted by molar-refractivity contribution is 0.0952. The first-order chi connectivity index (χ1) is 13.0. The van der Waals surface area contributed by atoms with Gasteiger partial charge in [0.15, 0.2) is 0 Å². The van der Waals surface area contributed by atoms with Crippen LogP contribution in [0.5, 0.6) is 5.75 Å². The van der Waals surface area contributed by atoms with Gasteiger partial charge < -0.3 is 5.11 Å². The lowest BCUT2D eigenvalue weighted by atomic mass is 10.0. The average molecular weight is 387 g/mol. The number of carbonyl (C=O) groups is 1. The minimum atomic E-state index is -0.774. The van der Waals surface area contributed by atoms with Crippen molar-refractivity contribution in [2.45, 2.75) is 0 Å². The van der Waals surface area contributed by atoms with Gasteiger partial charge >= 0.3 is 0 Å². The molecule has 3 aromatic carbocycles. The maximum atomic E-state index is 14.0. The third kappa shape index (κ3) is 4.30. The molecule has 136 valence electrons. The Morgan fingerprint density at radius 1 is 1.07 bits per heavy atom. The number of carbonyl (C=O) groups excluding carboxylic acids is 1. The molecule has 3 rings (SSSR count). The molecule has 1 amide bonds. The fourth-order valence-corrected chi connectivity index (χ4v) is 2.59. The van der Waals surface area contributed by atoms with Gasteiger partial charge in [0.2, 0.25) is 0 Å². The van der Waals surface area contributed by atoms with Crippen LogP contribution >= 0.6 is 11.6 Å². The summed E-state index contributed by atoms with van der Waals surface area (Å²) in [7, 11) is 0. The number of nitrogens with zero attached hydrogens (tertiary/aromatic N) is 1. The zero-order valence-corrected chi connectivity index (χ0v) is 14.5. The Kier molecular flexibility index (Phi) is 5.47. The fourth-order valence-electron chi connectivity index (χ4n) is 2.41. The monoisotopic (exact) mass is 386 g/mol. The molecule has 0 saturated heterocycles. The SMILES string of the molecule is O=C(N/N=C/c1ccccc1Cl)c1cc(-c2ccc(F)cc2F)ccc1O. The number of phenolic OH excluding ortho intramolecular Hbond substituents is 1. The number of benzene rings is 3. The summed E-state index contributed by atoms with van der Waals surface area (Å²) in [5.41, 5.74) is 3.19. The normalized spacial score (nSPS) is 10.9. The molecule has 0 atom stereocenters. The van der Waals surface area contributed by atoms with E-state index in [9.17, 15) is 18.7 Å². The van der Waals surface area contributed by atoms with Gasteiger partial charge in [-0.1, -0.05) is 35.9 Å². The van der Waals surface area contributed by atoms with Crippen molar-refractivity contribution in [3.05, 3.63) is 88.4 Å². The zero-order valence-electron chi connectivity index (χ0n) is 13.8. The quantitative estimate of drug-likeness (QED) is 0.502. The topological polar surface area (TPSA) is 61.7 Å². The molecule has 4 nitrogen and oxygen atoms in total. The number of phenols is 1. The number of hydrazone groups is 1. The summed E-state index contributed by atoms with van der Waals surface area (Å²) < 4.78 is 27.0. The predicted octanol–water partition coefficient (Wildman–Crippen LogP) is 4.75. The Hall–Kier alpha value is -3.25. The van der Waals surface area contributed by atoms with Crippen LogP contribution in [0.25, 0.3) is 11.1 Å². The Balaban J connectivity index is 1.83. The van der Waals surface area contributed by atoms with Crippen molar-refractivity contribution in [2.24, 2.45) is 5.10 Å². The second-order valence-corrected chi connectivity index (χ2v) is 5.98. The maximum absolute atomic E-state index is 14.0. The van der Waals surface area contributed by atoms with Gasteiger partial charge in [-0.25, -0.2) is 14.2 Å². The number of rotatable bonds is 4. The fraction of sp³-hybridized carbons (Fsp3) is 0. The molecule has 0 aromatic heterocycles. The van der Waals surface area contributed by atoms with Crippen molar-refractivity contribution in [1.82, 2.24) is 5.43 Å². The molecule has 0 aliphatic rings. The van der Waals surface area contributed by atoms with E-state index < -0.39 is 17.5 Å². The van der Waals surface area contributed by atoms with Crippen molar-refractivity contribution < 1.29 is 18.7 Å². The highest BCUT2D eigenvalue weighted by molar-refractivity contribution is 6.33. The van der Waals surface area contributed by atoms with Gasteiger partial charge in [-0.2, -0.15) is 5.10 Å². The first-order valence-corrected chi connectivity index (χ1v) is 8.20. The number of aromatic hydroxyl groups is 1. The van der Waals surface area contributed by atoms with Crippen LogP contribution < -0.4 is 5.43 Å². The van der Waals surface area contributed by atoms with Crippen LogP contribution in [0.4, 0.5) is 8.78 Å². The van der Waals surface area contributed by atoms with E-state index in [0.29, 0.717) is 16.1 Å². The molecule has 2 N–H and O–H groups in total. The summed E-state index contributed by atoms with van der Waals surface area (Å²) in [4.78, 5) is 12.3. The second kappa shape index (κ2) is 7.97. The van der Waals surface area contributed by atoms with E-state index in [1.807, 2.05) is 0 Å². The Labute approximate surface area is 158 Å². The van der Waals surface area contributed by atoms with Gasteiger partial charge in [0.1, 0.15) is 17.4 Å². The summed E-state index contributed by atoms with van der Waals surface area (Å²) in [6.45, 7) is 0. The highest BCUT2D eigenvalue weighted by atomic mass is 35.5. The summed E-state index contributed by atoms with van der Waals surface area (Å²) in [6, 6.07) is 14.0. The molecule has 0 saturated carbocycles. The molecule has 0 fully saturated rings. The molecular weight excluding hydrogens is 374 g/mol. The van der Waals surface area contributed by atoms with Crippen molar-refractivity contribution in [1.29, 1.82) is 0 Å². The number of amides is 1. The van der Waals surface area contributed by atoms with Crippen LogP contribution in [-0.2, 0) is 0 Å². The van der Waals surface area contributed by atoms with Crippen LogP contribution in [-0.4, -0.2) is 17.2 Å². The molecule has 0 bridgehead atoms. The van der Waals surface area contributed by atoms with Crippen molar-refractivity contribution in [2.75, 3.05) is 0 Å². The van der Waals surface area contributed by atoms with Crippen molar-refractivity contribution in [3.63, 3.8) is 0 Å². The number of halogens is 3. The lowest BCUT2D eigenvalue weighted by Gasteiger charge is -2.08. The Morgan fingerprint density at radius 2 is 1.85 bits per heavy atom. The van der Waals surface area contributed by atoms with E-state index in [-0.39, 0.29) is 16.9 Å². The van der Waals surface area contributed by atoms with Crippen molar-refractivity contribution >= 4 is 23.7 Å². The number of hydrogen-bond donors (Lipinski definition) is 2. The first kappa shape index (κ1) is 18.5.